The van der Waals surface area contributed by atoms with Gasteiger partial charge in [-0.1, -0.05) is 43.3 Å². The van der Waals surface area contributed by atoms with Crippen molar-refractivity contribution in [3.63, 3.8) is 0 Å². The van der Waals surface area contributed by atoms with Gasteiger partial charge >= 0.3 is 0 Å². The van der Waals surface area contributed by atoms with Gasteiger partial charge in [-0.2, -0.15) is 0 Å². The van der Waals surface area contributed by atoms with Crippen molar-refractivity contribution in [2.45, 2.75) is 20.3 Å². The van der Waals surface area contributed by atoms with Crippen LogP contribution < -0.4 is 5.32 Å². The molecule has 4 aromatic rings. The van der Waals surface area contributed by atoms with Crippen molar-refractivity contribution in [3.05, 3.63) is 95.1 Å². The molecule has 0 aliphatic heterocycles. The molecule has 0 unspecified atom stereocenters. The minimum Gasteiger partial charge on any atom is -0.494 e. The molecular formula is C32H37N5O3. The number of hydrogen-bond acceptors (Lipinski definition) is 5. The zero-order valence-electron chi connectivity index (χ0n) is 23.6. The summed E-state index contributed by atoms with van der Waals surface area (Å²) in [6.45, 7) is 6.66. The minimum absolute atomic E-state index is 0.0174. The first-order chi connectivity index (χ1) is 19.3. The first-order valence-corrected chi connectivity index (χ1v) is 13.6. The number of benzene rings is 3. The molecule has 0 aliphatic rings. The molecule has 0 fully saturated rings. The Labute approximate surface area is 235 Å². The van der Waals surface area contributed by atoms with Gasteiger partial charge in [0.2, 0.25) is 0 Å². The van der Waals surface area contributed by atoms with Gasteiger partial charge in [-0.25, -0.2) is 4.99 Å². The zero-order chi connectivity index (χ0) is 28.6. The van der Waals surface area contributed by atoms with E-state index in [1.54, 1.807) is 24.3 Å². The van der Waals surface area contributed by atoms with Gasteiger partial charge in [0.05, 0.1) is 17.0 Å². The normalized spacial score (nSPS) is 11.7. The predicted octanol–water partition coefficient (Wildman–Crippen LogP) is 5.21. The number of aromatic nitrogens is 1. The smallest absolute Gasteiger partial charge is 0.253 e. The third-order valence-electron chi connectivity index (χ3n) is 6.70. The van der Waals surface area contributed by atoms with Gasteiger partial charge in [-0.15, -0.1) is 0 Å². The molecule has 0 bridgehead atoms. The van der Waals surface area contributed by atoms with Gasteiger partial charge in [0.1, 0.15) is 0 Å². The number of H-pyrrole nitrogens is 1. The van der Waals surface area contributed by atoms with Crippen molar-refractivity contribution < 1.29 is 14.7 Å². The van der Waals surface area contributed by atoms with Crippen LogP contribution in [0.5, 0.6) is 5.88 Å². The lowest BCUT2D eigenvalue weighted by Gasteiger charge is -2.23. The summed E-state index contributed by atoms with van der Waals surface area (Å²) in [6, 6.07) is 22.2. The van der Waals surface area contributed by atoms with E-state index in [0.717, 1.165) is 23.9 Å². The quantitative estimate of drug-likeness (QED) is 0.228. The van der Waals surface area contributed by atoms with Crippen molar-refractivity contribution in [3.8, 4) is 5.88 Å². The Bertz CT molecular complexity index is 1490. The second-order valence-electron chi connectivity index (χ2n) is 9.93. The van der Waals surface area contributed by atoms with E-state index in [9.17, 15) is 14.7 Å². The number of amides is 2. The van der Waals surface area contributed by atoms with Gasteiger partial charge in [0, 0.05) is 53.8 Å². The van der Waals surface area contributed by atoms with Crippen molar-refractivity contribution >= 4 is 34.1 Å². The highest BCUT2D eigenvalue weighted by Crippen LogP contribution is 2.32. The molecule has 0 atom stereocenters. The number of likely N-dealkylation sites (N-methyl/N-ethyl adjacent to an activating group) is 2. The van der Waals surface area contributed by atoms with Crippen LogP contribution in [-0.4, -0.2) is 77.7 Å². The van der Waals surface area contributed by atoms with E-state index in [4.69, 9.17) is 4.99 Å². The fraction of sp³-hybridized carbons (Fsp3) is 0.281. The maximum atomic E-state index is 13.1. The summed E-state index contributed by atoms with van der Waals surface area (Å²) in [5.74, 6) is -0.208. The Kier molecular flexibility index (Phi) is 9.35. The number of aromatic hydroxyl groups is 1. The lowest BCUT2D eigenvalue weighted by Crippen LogP contribution is -2.36. The van der Waals surface area contributed by atoms with Gasteiger partial charge in [-0.3, -0.25) is 9.59 Å². The Morgan fingerprint density at radius 1 is 0.900 bits per heavy atom. The fourth-order valence-electron chi connectivity index (χ4n) is 4.48. The Morgan fingerprint density at radius 3 is 2.25 bits per heavy atom. The van der Waals surface area contributed by atoms with Crippen LogP contribution >= 0.6 is 0 Å². The van der Waals surface area contributed by atoms with Crippen molar-refractivity contribution in [1.29, 1.82) is 0 Å². The van der Waals surface area contributed by atoms with E-state index in [2.05, 4.69) is 15.2 Å². The maximum absolute atomic E-state index is 13.1. The highest BCUT2D eigenvalue weighted by atomic mass is 16.3. The molecule has 208 valence electrons. The molecule has 0 spiro atoms. The molecule has 4 rings (SSSR count). The van der Waals surface area contributed by atoms with E-state index in [1.165, 1.54) is 0 Å². The highest BCUT2D eigenvalue weighted by Gasteiger charge is 2.20. The van der Waals surface area contributed by atoms with Gasteiger partial charge < -0.3 is 25.2 Å². The molecule has 0 saturated carbocycles. The van der Waals surface area contributed by atoms with E-state index in [1.807, 2.05) is 81.4 Å². The van der Waals surface area contributed by atoms with Crippen LogP contribution in [0.15, 0.2) is 77.8 Å². The monoisotopic (exact) mass is 539 g/mol. The summed E-state index contributed by atoms with van der Waals surface area (Å²) in [4.78, 5) is 37.4. The lowest BCUT2D eigenvalue weighted by molar-refractivity contribution is 0.0754. The SMILES string of the molecule is CCCNC(=O)c1ccc2c(C(=Nc3ccc(C(=O)N(CC)CCN(C)C)cc3)c3ccccc3)c(O)[nH]c2c1. The minimum atomic E-state index is -0.158. The van der Waals surface area contributed by atoms with Crippen molar-refractivity contribution in [2.75, 3.05) is 40.3 Å². The van der Waals surface area contributed by atoms with Gasteiger partial charge in [0.15, 0.2) is 5.88 Å². The van der Waals surface area contributed by atoms with Crippen LogP contribution in [-0.2, 0) is 0 Å². The molecule has 8 nitrogen and oxygen atoms in total. The molecule has 1 aromatic heterocycles. The summed E-state index contributed by atoms with van der Waals surface area (Å²) >= 11 is 0. The average molecular weight is 540 g/mol. The maximum Gasteiger partial charge on any atom is 0.253 e. The van der Waals surface area contributed by atoms with E-state index in [0.29, 0.717) is 53.2 Å². The van der Waals surface area contributed by atoms with Gasteiger partial charge in [0.25, 0.3) is 11.8 Å². The molecule has 2 amide bonds. The van der Waals surface area contributed by atoms with E-state index < -0.39 is 0 Å². The largest absolute Gasteiger partial charge is 0.494 e. The Balaban J connectivity index is 1.71. The molecule has 40 heavy (non-hydrogen) atoms. The molecule has 0 radical (unpaired) electrons. The third kappa shape index (κ3) is 6.58. The Hall–Kier alpha value is -4.43. The number of rotatable bonds is 11. The van der Waals surface area contributed by atoms with Crippen LogP contribution in [0.1, 0.15) is 52.1 Å². The number of nitrogens with one attached hydrogen (secondary N) is 2. The third-order valence-corrected chi connectivity index (χ3v) is 6.70. The van der Waals surface area contributed by atoms with E-state index >= 15 is 0 Å². The number of carbonyl (C=O) groups is 2. The number of nitrogens with zero attached hydrogens (tertiary/aromatic N) is 3. The van der Waals surface area contributed by atoms with Crippen LogP contribution in [0.3, 0.4) is 0 Å². The lowest BCUT2D eigenvalue weighted by atomic mass is 10.00. The van der Waals surface area contributed by atoms with E-state index in [-0.39, 0.29) is 17.7 Å². The molecule has 3 N–H and O–H groups in total. The summed E-state index contributed by atoms with van der Waals surface area (Å²) in [7, 11) is 3.98. The average Bonchev–Trinajstić information content (AvgIpc) is 3.30. The molecule has 3 aromatic carbocycles. The van der Waals surface area contributed by atoms with Crippen molar-refractivity contribution in [2.24, 2.45) is 4.99 Å². The molecule has 1 heterocycles. The first kappa shape index (κ1) is 28.6. The predicted molar refractivity (Wildman–Crippen MR) is 161 cm³/mol. The second kappa shape index (κ2) is 13.1. The number of carbonyl (C=O) groups excluding carboxylic acids is 2. The number of aliphatic imine (C=N–C) groups is 1. The summed E-state index contributed by atoms with van der Waals surface area (Å²) in [5.41, 5.74) is 4.35. The summed E-state index contributed by atoms with van der Waals surface area (Å²) in [5, 5.41) is 14.7. The number of fused-ring (bicyclic) bond motifs is 1. The Morgan fingerprint density at radius 2 is 1.60 bits per heavy atom. The zero-order valence-corrected chi connectivity index (χ0v) is 23.6. The van der Waals surface area contributed by atoms with Crippen LogP contribution in [0.2, 0.25) is 0 Å². The number of hydrogen-bond donors (Lipinski definition) is 3. The van der Waals surface area contributed by atoms with Crippen LogP contribution in [0.25, 0.3) is 10.9 Å². The second-order valence-corrected chi connectivity index (χ2v) is 9.93. The summed E-state index contributed by atoms with van der Waals surface area (Å²) < 4.78 is 0. The first-order valence-electron chi connectivity index (χ1n) is 13.6. The standard InChI is InChI=1S/C32H37N5O3/c1-5-18-33-30(38)24-14-17-26-27(21-24)35-31(39)28(26)29(22-10-8-7-9-11-22)34-25-15-12-23(13-16-25)32(40)37(6-2)20-19-36(3)4/h7-17,21,35,39H,5-6,18-20H2,1-4H3,(H,33,38). The highest BCUT2D eigenvalue weighted by molar-refractivity contribution is 6.22. The van der Waals surface area contributed by atoms with Crippen LogP contribution in [0, 0.1) is 0 Å². The van der Waals surface area contributed by atoms with Crippen LogP contribution in [0.4, 0.5) is 5.69 Å². The molecular weight excluding hydrogens is 502 g/mol. The topological polar surface area (TPSA) is 101 Å². The van der Waals surface area contributed by atoms with Gasteiger partial charge in [-0.05, 0) is 63.8 Å². The number of aromatic amines is 1. The summed E-state index contributed by atoms with van der Waals surface area (Å²) in [6.07, 6.45) is 0.848. The molecule has 0 saturated heterocycles. The molecule has 8 heteroatoms. The molecule has 0 aliphatic carbocycles. The fourth-order valence-corrected chi connectivity index (χ4v) is 4.48. The van der Waals surface area contributed by atoms with Crippen molar-refractivity contribution in [1.82, 2.24) is 20.1 Å².